The third kappa shape index (κ3) is 32.0. The van der Waals surface area contributed by atoms with Gasteiger partial charge in [-0.3, -0.25) is 4.79 Å². The fraction of sp³-hybridized carbons (Fsp3) is 0.206. The minimum Gasteiger partial charge on any atom is -0.506 e. The second-order valence-corrected chi connectivity index (χ2v) is 22.2. The van der Waals surface area contributed by atoms with Gasteiger partial charge in [0.1, 0.15) is 28.7 Å². The van der Waals surface area contributed by atoms with Gasteiger partial charge in [-0.1, -0.05) is 163 Å². The molecule has 27 heteroatoms. The summed E-state index contributed by atoms with van der Waals surface area (Å²) in [5.74, 6) is -0.552. The first-order valence-corrected chi connectivity index (χ1v) is 31.4. The number of nitrogens with one attached hydrogen (secondary N) is 10. The molecular formula is C68H75Cl5N10O12. The molecule has 0 aromatic heterocycles. The van der Waals surface area contributed by atoms with Crippen molar-refractivity contribution in [3.63, 3.8) is 0 Å². The quantitative estimate of drug-likeness (QED) is 0.0192. The molecule has 8 aromatic carbocycles. The Labute approximate surface area is 575 Å². The number of unbranched alkanes of at least 4 members (excludes halogenated alkanes) is 2. The number of carbonyl (C=O) groups is 6. The Hall–Kier alpha value is -9.97. The van der Waals surface area contributed by atoms with Crippen LogP contribution in [0, 0.1) is 6.92 Å². The fourth-order valence-electron chi connectivity index (χ4n) is 7.69. The average molecular weight is 1400 g/mol. The smallest absolute Gasteiger partial charge is 0.319 e. The summed E-state index contributed by atoms with van der Waals surface area (Å²) in [4.78, 5) is 69.1. The van der Waals surface area contributed by atoms with E-state index in [4.69, 9.17) is 62.7 Å². The maximum Gasteiger partial charge on any atom is 0.319 e. The van der Waals surface area contributed by atoms with E-state index < -0.39 is 18.1 Å². The van der Waals surface area contributed by atoms with Gasteiger partial charge in [0, 0.05) is 57.8 Å². The van der Waals surface area contributed by atoms with Crippen molar-refractivity contribution in [3.05, 3.63) is 223 Å². The molecule has 0 aliphatic carbocycles. The Balaban J connectivity index is 0.000000253. The third-order valence-electron chi connectivity index (χ3n) is 12.6. The SMILES string of the molecule is CCCCCNC(=O)Nc1cc(Cl)ccc1O.CCOC(=O)CCNC(=O)Nc1cc(Cl)ccc1O.Cc1ccccc1CNC(=O)Nc1cc(Cl)ccc1O.O=C(NCCc1ccccc1)Nc1cc(Cl)ccc1O.O=C(NCc1ccccc1)Nc1cc(Cl)ccc1O. The lowest BCUT2D eigenvalue weighted by Crippen LogP contribution is -2.30. The van der Waals surface area contributed by atoms with E-state index in [9.17, 15) is 54.3 Å². The average Bonchev–Trinajstić information content (AvgIpc) is 1.48. The predicted octanol–water partition coefficient (Wildman–Crippen LogP) is 15.9. The van der Waals surface area contributed by atoms with Crippen molar-refractivity contribution in [2.24, 2.45) is 0 Å². The molecule has 0 saturated carbocycles. The van der Waals surface area contributed by atoms with Crippen molar-refractivity contribution in [1.82, 2.24) is 26.6 Å². The summed E-state index contributed by atoms with van der Waals surface area (Å²) in [7, 11) is 0. The van der Waals surface area contributed by atoms with E-state index in [-0.39, 0.29) is 82.5 Å². The first kappa shape index (κ1) is 77.5. The van der Waals surface area contributed by atoms with E-state index >= 15 is 0 Å². The van der Waals surface area contributed by atoms with Crippen molar-refractivity contribution >= 4 is 123 Å². The number of carbonyl (C=O) groups excluding carboxylic acids is 6. The van der Waals surface area contributed by atoms with Crippen LogP contribution in [0.2, 0.25) is 25.1 Å². The van der Waals surface area contributed by atoms with Gasteiger partial charge in [0.15, 0.2) is 0 Å². The van der Waals surface area contributed by atoms with Crippen LogP contribution in [-0.4, -0.2) is 87.9 Å². The number of phenols is 5. The molecule has 504 valence electrons. The second-order valence-electron chi connectivity index (χ2n) is 20.0. The Morgan fingerprint density at radius 3 is 1.09 bits per heavy atom. The number of ether oxygens (including phenoxy) is 1. The molecule has 22 nitrogen and oxygen atoms in total. The summed E-state index contributed by atoms with van der Waals surface area (Å²) in [5.41, 5.74) is 5.64. The van der Waals surface area contributed by atoms with Crippen LogP contribution in [0.1, 0.15) is 61.8 Å². The van der Waals surface area contributed by atoms with E-state index in [0.29, 0.717) is 63.6 Å². The molecule has 8 aromatic rings. The number of aryl methyl sites for hydroxylation is 1. The number of amides is 10. The number of urea groups is 5. The lowest BCUT2D eigenvalue weighted by atomic mass is 10.1. The Morgan fingerprint density at radius 1 is 0.379 bits per heavy atom. The third-order valence-corrected chi connectivity index (χ3v) is 13.7. The summed E-state index contributed by atoms with van der Waals surface area (Å²) in [6.45, 7) is 8.21. The van der Waals surface area contributed by atoms with E-state index in [2.05, 4.69) is 60.1 Å². The normalized spacial score (nSPS) is 9.98. The summed E-state index contributed by atoms with van der Waals surface area (Å²) >= 11 is 28.9. The molecule has 0 fully saturated rings. The minimum absolute atomic E-state index is 0.00175. The number of rotatable bonds is 20. The van der Waals surface area contributed by atoms with Gasteiger partial charge >= 0.3 is 36.1 Å². The number of aromatic hydroxyl groups is 5. The van der Waals surface area contributed by atoms with Crippen LogP contribution in [0.3, 0.4) is 0 Å². The van der Waals surface area contributed by atoms with Crippen LogP contribution >= 0.6 is 58.0 Å². The highest BCUT2D eigenvalue weighted by molar-refractivity contribution is 6.32. The van der Waals surface area contributed by atoms with E-state index in [0.717, 1.165) is 47.9 Å². The van der Waals surface area contributed by atoms with Crippen LogP contribution in [0.4, 0.5) is 52.4 Å². The highest BCUT2D eigenvalue weighted by Gasteiger charge is 2.12. The molecule has 0 saturated heterocycles. The fourth-order valence-corrected chi connectivity index (χ4v) is 8.55. The van der Waals surface area contributed by atoms with Gasteiger partial charge in [-0.05, 0) is 140 Å². The van der Waals surface area contributed by atoms with Gasteiger partial charge in [0.2, 0.25) is 0 Å². The van der Waals surface area contributed by atoms with Crippen LogP contribution < -0.4 is 53.2 Å². The molecule has 0 aliphatic rings. The molecular weight excluding hydrogens is 1330 g/mol. The zero-order valence-corrected chi connectivity index (χ0v) is 55.8. The molecule has 0 radical (unpaired) electrons. The first-order chi connectivity index (χ1) is 45.5. The number of hydrogen-bond acceptors (Lipinski definition) is 12. The molecule has 8 rings (SSSR count). The van der Waals surface area contributed by atoms with Gasteiger partial charge in [-0.2, -0.15) is 0 Å². The monoisotopic (exact) mass is 1400 g/mol. The maximum atomic E-state index is 11.8. The van der Waals surface area contributed by atoms with Gasteiger partial charge in [0.25, 0.3) is 0 Å². The van der Waals surface area contributed by atoms with Crippen LogP contribution in [0.5, 0.6) is 28.7 Å². The lowest BCUT2D eigenvalue weighted by molar-refractivity contribution is -0.142. The van der Waals surface area contributed by atoms with Crippen molar-refractivity contribution in [2.45, 2.75) is 66.0 Å². The van der Waals surface area contributed by atoms with E-state index in [1.165, 1.54) is 66.7 Å². The molecule has 10 amide bonds. The van der Waals surface area contributed by atoms with Crippen molar-refractivity contribution < 1.29 is 59.0 Å². The summed E-state index contributed by atoms with van der Waals surface area (Å²) < 4.78 is 4.71. The minimum atomic E-state index is -0.540. The van der Waals surface area contributed by atoms with Gasteiger partial charge in [-0.15, -0.1) is 0 Å². The number of esters is 1. The number of phenolic OH excluding ortho intramolecular Hbond substituents is 5. The van der Waals surface area contributed by atoms with Crippen LogP contribution in [0.15, 0.2) is 176 Å². The zero-order valence-electron chi connectivity index (χ0n) is 52.0. The van der Waals surface area contributed by atoms with Crippen molar-refractivity contribution in [1.29, 1.82) is 0 Å². The van der Waals surface area contributed by atoms with Gasteiger partial charge in [0.05, 0.1) is 41.5 Å². The molecule has 95 heavy (non-hydrogen) atoms. The van der Waals surface area contributed by atoms with Gasteiger partial charge in [-0.25, -0.2) is 24.0 Å². The molecule has 0 unspecified atom stereocenters. The van der Waals surface area contributed by atoms with Gasteiger partial charge < -0.3 is 83.4 Å². The Bertz CT molecular complexity index is 3750. The Morgan fingerprint density at radius 2 is 0.716 bits per heavy atom. The summed E-state index contributed by atoms with van der Waals surface area (Å²) in [5, 5.41) is 75.9. The zero-order chi connectivity index (χ0) is 69.5. The lowest BCUT2D eigenvalue weighted by Gasteiger charge is -2.10. The molecule has 0 heterocycles. The van der Waals surface area contributed by atoms with Crippen molar-refractivity contribution in [3.8, 4) is 28.7 Å². The first-order valence-electron chi connectivity index (χ1n) is 29.5. The molecule has 0 spiro atoms. The number of halogens is 5. The Kier molecular flexibility index (Phi) is 35.1. The number of anilines is 5. The topological polar surface area (TPSA) is 333 Å². The molecule has 15 N–H and O–H groups in total. The molecule has 0 atom stereocenters. The van der Waals surface area contributed by atoms with E-state index in [1.54, 1.807) is 31.2 Å². The predicted molar refractivity (Wildman–Crippen MR) is 377 cm³/mol. The van der Waals surface area contributed by atoms with Crippen LogP contribution in [-0.2, 0) is 29.0 Å². The number of benzene rings is 8. The molecule has 0 aliphatic heterocycles. The highest BCUT2D eigenvalue weighted by atomic mass is 35.5. The maximum absolute atomic E-state index is 11.8. The standard InChI is InChI=1S/2C15H15ClN2O2.C14H13ClN2O2.C12H15ClN2O4.C12H17ClN2O2/c1-10-4-2-3-5-11(10)9-17-15(20)18-13-8-12(16)6-7-14(13)19;16-12-6-7-14(19)13(10-12)18-15(20)17-9-8-11-4-2-1-3-5-11;15-11-6-7-13(18)12(8-11)17-14(19)16-9-10-4-2-1-3-5-10;1-2-19-11(17)5-6-14-12(18)15-9-7-8(13)3-4-10(9)16;1-2-3-4-7-14-12(17)15-10-8-9(13)5-6-11(10)16/h2-8,19H,9H2,1H3,(H2,17,18,20);1-7,10,19H,8-9H2,(H2,17,18,20);1-8,18H,9H2,(H2,16,17,19);3-4,7,16H,2,5-6H2,1H3,(H2,14,15,18);5-6,8,16H,2-4,7H2,1H3,(H2,14,15,17). The second kappa shape index (κ2) is 43.0. The van der Waals surface area contributed by atoms with Crippen molar-refractivity contribution in [2.75, 3.05) is 52.8 Å². The number of hydrogen-bond donors (Lipinski definition) is 15. The summed E-state index contributed by atoms with van der Waals surface area (Å²) in [6, 6.07) is 47.4. The van der Waals surface area contributed by atoms with E-state index in [1.807, 2.05) is 91.9 Å². The summed E-state index contributed by atoms with van der Waals surface area (Å²) in [6.07, 6.45) is 3.98. The highest BCUT2D eigenvalue weighted by Crippen LogP contribution is 2.30. The largest absolute Gasteiger partial charge is 0.506 e. The van der Waals surface area contributed by atoms with Crippen LogP contribution in [0.25, 0.3) is 0 Å². The molecule has 0 bridgehead atoms.